The van der Waals surface area contributed by atoms with Crippen molar-refractivity contribution in [1.82, 2.24) is 19.8 Å². The Balaban J connectivity index is 1.83. The van der Waals surface area contributed by atoms with Crippen molar-refractivity contribution in [3.8, 4) is 5.69 Å². The van der Waals surface area contributed by atoms with Crippen LogP contribution in [-0.4, -0.2) is 37.8 Å². The van der Waals surface area contributed by atoms with Crippen molar-refractivity contribution in [3.63, 3.8) is 0 Å². The Labute approximate surface area is 181 Å². The number of aliphatic hydroxyl groups excluding tert-OH is 1. The van der Waals surface area contributed by atoms with E-state index in [1.807, 2.05) is 42.7 Å². The lowest BCUT2D eigenvalue weighted by Gasteiger charge is -2.28. The summed E-state index contributed by atoms with van der Waals surface area (Å²) in [4.78, 5) is 6.66. The van der Waals surface area contributed by atoms with Crippen molar-refractivity contribution in [2.24, 2.45) is 0 Å². The molecule has 30 heavy (non-hydrogen) atoms. The molecule has 156 valence electrons. The molecule has 0 bridgehead atoms. The minimum Gasteiger partial charge on any atom is -0.396 e. The van der Waals surface area contributed by atoms with Gasteiger partial charge in [-0.15, -0.1) is 0 Å². The average Bonchev–Trinajstić information content (AvgIpc) is 3.23. The lowest BCUT2D eigenvalue weighted by atomic mass is 9.96. The number of rotatable bonds is 6. The zero-order valence-electron chi connectivity index (χ0n) is 17.0. The van der Waals surface area contributed by atoms with Crippen LogP contribution in [-0.2, 0) is 0 Å². The Morgan fingerprint density at radius 2 is 1.93 bits per heavy atom. The molecule has 7 heteroatoms. The Morgan fingerprint density at radius 3 is 2.63 bits per heavy atom. The molecule has 2 atom stereocenters. The number of pyridine rings is 1. The molecule has 1 saturated heterocycles. The summed E-state index contributed by atoms with van der Waals surface area (Å²) >= 11 is 5.64. The predicted molar refractivity (Wildman–Crippen MR) is 119 cm³/mol. The van der Waals surface area contributed by atoms with Crippen molar-refractivity contribution in [2.45, 2.75) is 32.4 Å². The third-order valence-corrected chi connectivity index (χ3v) is 5.99. The molecule has 0 radical (unpaired) electrons. The van der Waals surface area contributed by atoms with Gasteiger partial charge in [-0.05, 0) is 68.4 Å². The van der Waals surface area contributed by atoms with E-state index < -0.39 is 0 Å². The molecule has 3 heterocycles. The average molecular weight is 425 g/mol. The first-order chi connectivity index (χ1) is 14.5. The summed E-state index contributed by atoms with van der Waals surface area (Å²) in [5.74, 6) is -0.260. The molecule has 4 rings (SSSR count). The number of halogens is 1. The maximum atomic E-state index is 14.6. The molecule has 1 fully saturated rings. The molecule has 1 aliphatic rings. The van der Waals surface area contributed by atoms with Crippen LogP contribution in [0.2, 0.25) is 0 Å². The molecule has 3 aromatic rings. The van der Waals surface area contributed by atoms with E-state index >= 15 is 0 Å². The SMILES string of the molecule is Cc1cc([C@H]2[C@@H](c3ccccn3)NC(=S)N2CCCO)c(C)n1-c1ccccc1F. The number of aliphatic hydroxyl groups is 1. The van der Waals surface area contributed by atoms with Crippen LogP contribution in [0.4, 0.5) is 4.39 Å². The fourth-order valence-corrected chi connectivity index (χ4v) is 4.65. The molecule has 0 aliphatic carbocycles. The second-order valence-electron chi connectivity index (χ2n) is 7.51. The van der Waals surface area contributed by atoms with Gasteiger partial charge >= 0.3 is 0 Å². The molecule has 1 aliphatic heterocycles. The lowest BCUT2D eigenvalue weighted by Crippen LogP contribution is -2.31. The Morgan fingerprint density at radius 1 is 1.17 bits per heavy atom. The number of aromatic nitrogens is 2. The summed E-state index contributed by atoms with van der Waals surface area (Å²) < 4.78 is 16.5. The van der Waals surface area contributed by atoms with Crippen molar-refractivity contribution in [3.05, 3.63) is 83.2 Å². The van der Waals surface area contributed by atoms with Crippen molar-refractivity contribution in [2.75, 3.05) is 13.2 Å². The molecule has 2 N–H and O–H groups in total. The van der Waals surface area contributed by atoms with Gasteiger partial charge < -0.3 is 19.9 Å². The van der Waals surface area contributed by atoms with Crippen molar-refractivity contribution < 1.29 is 9.50 Å². The standard InChI is InChI=1S/C23H25FN4OS/c1-15-14-17(16(2)28(15)20-10-4-3-8-18(20)24)22-21(19-9-5-6-11-25-19)26-23(30)27(22)12-7-13-29/h3-6,8-11,14,21-22,29H,7,12-13H2,1-2H3,(H,26,30)/t21-,22+/m1/s1. The van der Waals surface area contributed by atoms with Gasteiger partial charge in [0.1, 0.15) is 5.82 Å². The monoisotopic (exact) mass is 424 g/mol. The Kier molecular flexibility index (Phi) is 5.83. The molecule has 0 amide bonds. The molecule has 0 spiro atoms. The van der Waals surface area contributed by atoms with Gasteiger partial charge in [-0.3, -0.25) is 4.98 Å². The first-order valence-corrected chi connectivity index (χ1v) is 10.5. The van der Waals surface area contributed by atoms with Crippen LogP contribution in [0.25, 0.3) is 5.69 Å². The van der Waals surface area contributed by atoms with Crippen LogP contribution in [0, 0.1) is 19.7 Å². The predicted octanol–water partition coefficient (Wildman–Crippen LogP) is 3.98. The summed E-state index contributed by atoms with van der Waals surface area (Å²) in [7, 11) is 0. The first kappa shape index (κ1) is 20.5. The number of benzene rings is 1. The topological polar surface area (TPSA) is 53.3 Å². The van der Waals surface area contributed by atoms with Gasteiger partial charge in [0.25, 0.3) is 0 Å². The van der Waals surface area contributed by atoms with Crippen LogP contribution in [0.5, 0.6) is 0 Å². The number of hydrogen-bond acceptors (Lipinski definition) is 3. The molecular weight excluding hydrogens is 399 g/mol. The summed E-state index contributed by atoms with van der Waals surface area (Å²) in [6.45, 7) is 4.71. The Bertz CT molecular complexity index is 1050. The number of aryl methyl sites for hydroxylation is 1. The summed E-state index contributed by atoms with van der Waals surface area (Å²) in [6.07, 6.45) is 2.38. The third-order valence-electron chi connectivity index (χ3n) is 5.64. The second-order valence-corrected chi connectivity index (χ2v) is 7.90. The fourth-order valence-electron chi connectivity index (χ4n) is 4.32. The van der Waals surface area contributed by atoms with E-state index in [2.05, 4.69) is 21.3 Å². The van der Waals surface area contributed by atoms with E-state index in [4.69, 9.17) is 12.2 Å². The van der Waals surface area contributed by atoms with Gasteiger partial charge in [-0.1, -0.05) is 18.2 Å². The maximum Gasteiger partial charge on any atom is 0.170 e. The summed E-state index contributed by atoms with van der Waals surface area (Å²) in [6, 6.07) is 14.5. The number of para-hydroxylation sites is 1. The first-order valence-electron chi connectivity index (χ1n) is 10.1. The van der Waals surface area contributed by atoms with Gasteiger partial charge in [0.2, 0.25) is 0 Å². The van der Waals surface area contributed by atoms with Gasteiger partial charge in [0.05, 0.1) is 23.5 Å². The zero-order valence-corrected chi connectivity index (χ0v) is 17.9. The van der Waals surface area contributed by atoms with Crippen LogP contribution in [0.3, 0.4) is 0 Å². The van der Waals surface area contributed by atoms with Crippen molar-refractivity contribution in [1.29, 1.82) is 0 Å². The fraction of sp³-hybridized carbons (Fsp3) is 0.304. The second kappa shape index (κ2) is 8.53. The normalized spacial score (nSPS) is 18.7. The van der Waals surface area contributed by atoms with E-state index in [1.54, 1.807) is 18.3 Å². The van der Waals surface area contributed by atoms with Gasteiger partial charge in [0, 0.05) is 30.7 Å². The minimum absolute atomic E-state index is 0.0916. The molecule has 2 aromatic heterocycles. The minimum atomic E-state index is -0.260. The largest absolute Gasteiger partial charge is 0.396 e. The van der Waals surface area contributed by atoms with Gasteiger partial charge in [-0.2, -0.15) is 0 Å². The zero-order chi connectivity index (χ0) is 21.3. The van der Waals surface area contributed by atoms with E-state index in [0.717, 1.165) is 22.6 Å². The van der Waals surface area contributed by atoms with Gasteiger partial charge in [-0.25, -0.2) is 4.39 Å². The highest BCUT2D eigenvalue weighted by atomic mass is 32.1. The van der Waals surface area contributed by atoms with Crippen molar-refractivity contribution >= 4 is 17.3 Å². The summed E-state index contributed by atoms with van der Waals surface area (Å²) in [5.41, 5.74) is 4.41. The van der Waals surface area contributed by atoms with E-state index in [1.165, 1.54) is 6.07 Å². The number of nitrogens with one attached hydrogen (secondary N) is 1. The third kappa shape index (κ3) is 3.59. The molecular formula is C23H25FN4OS. The quantitative estimate of drug-likeness (QED) is 0.586. The van der Waals surface area contributed by atoms with Gasteiger partial charge in [0.15, 0.2) is 5.11 Å². The lowest BCUT2D eigenvalue weighted by molar-refractivity contribution is 0.247. The van der Waals surface area contributed by atoms with E-state index in [9.17, 15) is 9.50 Å². The molecule has 5 nitrogen and oxygen atoms in total. The molecule has 0 saturated carbocycles. The highest BCUT2D eigenvalue weighted by Crippen LogP contribution is 2.41. The summed E-state index contributed by atoms with van der Waals surface area (Å²) in [5, 5.41) is 13.4. The highest BCUT2D eigenvalue weighted by Gasteiger charge is 2.41. The van der Waals surface area contributed by atoms with Crippen LogP contribution in [0.1, 0.15) is 41.1 Å². The maximum absolute atomic E-state index is 14.6. The molecule has 0 unspecified atom stereocenters. The smallest absolute Gasteiger partial charge is 0.170 e. The Hall–Kier alpha value is -2.77. The van der Waals surface area contributed by atoms with Crippen LogP contribution in [0.15, 0.2) is 54.7 Å². The number of hydrogen-bond donors (Lipinski definition) is 2. The number of thiocarbonyl (C=S) groups is 1. The van der Waals surface area contributed by atoms with E-state index in [-0.39, 0.29) is 24.5 Å². The molecule has 1 aromatic carbocycles. The van der Waals surface area contributed by atoms with E-state index in [0.29, 0.717) is 23.8 Å². The highest BCUT2D eigenvalue weighted by molar-refractivity contribution is 7.80. The number of nitrogens with zero attached hydrogens (tertiary/aromatic N) is 3. The van der Waals surface area contributed by atoms with Crippen LogP contribution < -0.4 is 5.32 Å². The van der Waals surface area contributed by atoms with Crippen LogP contribution >= 0.6 is 12.2 Å².